The number of aliphatic carboxylic acids is 1. The van der Waals surface area contributed by atoms with Gasteiger partial charge in [0, 0.05) is 18.0 Å². The minimum atomic E-state index is -0.789. The van der Waals surface area contributed by atoms with Crippen molar-refractivity contribution in [2.24, 2.45) is 0 Å². The molecule has 0 aliphatic heterocycles. The largest absolute Gasteiger partial charge is 0.480 e. The second-order valence-corrected chi connectivity index (χ2v) is 4.28. The van der Waals surface area contributed by atoms with Gasteiger partial charge in [0.1, 0.15) is 0 Å². The normalized spacial score (nSPS) is 10.5. The van der Waals surface area contributed by atoms with Crippen LogP contribution in [0.5, 0.6) is 0 Å². The molecule has 0 radical (unpaired) electrons. The van der Waals surface area contributed by atoms with Crippen LogP contribution in [0.4, 0.5) is 0 Å². The Morgan fingerprint density at radius 3 is 3.00 bits per heavy atom. The van der Waals surface area contributed by atoms with Crippen molar-refractivity contribution in [3.8, 4) is 0 Å². The lowest BCUT2D eigenvalue weighted by atomic mass is 10.3. The first-order valence-corrected chi connectivity index (χ1v) is 5.67. The highest BCUT2D eigenvalue weighted by Gasteiger charge is 2.07. The average molecular weight is 225 g/mol. The molecule has 0 fully saturated rings. The van der Waals surface area contributed by atoms with Crippen molar-refractivity contribution in [1.82, 2.24) is 4.90 Å². The Bertz CT molecular complexity index is 308. The minimum absolute atomic E-state index is 0.0807. The van der Waals surface area contributed by atoms with Gasteiger partial charge < -0.3 is 5.11 Å². The van der Waals surface area contributed by atoms with Gasteiger partial charge in [0.05, 0.1) is 6.54 Å². The van der Waals surface area contributed by atoms with Crippen molar-refractivity contribution >= 4 is 17.3 Å². The zero-order valence-corrected chi connectivity index (χ0v) is 9.37. The van der Waals surface area contributed by atoms with Gasteiger partial charge >= 0.3 is 5.97 Å². The van der Waals surface area contributed by atoms with Crippen LogP contribution in [0.3, 0.4) is 0 Å². The highest BCUT2D eigenvalue weighted by atomic mass is 32.1. The Morgan fingerprint density at radius 1 is 1.67 bits per heavy atom. The standard InChI is InChI=1S/C11H15NO2S/c1-2-6-12(9-11(13)14)7-5-10-4-3-8-15-10/h2-4,8H,1,5-7,9H2,(H,13,14). The van der Waals surface area contributed by atoms with Crippen LogP contribution in [0.25, 0.3) is 0 Å². The minimum Gasteiger partial charge on any atom is -0.480 e. The summed E-state index contributed by atoms with van der Waals surface area (Å²) in [5.41, 5.74) is 0. The van der Waals surface area contributed by atoms with Crippen molar-refractivity contribution in [2.75, 3.05) is 19.6 Å². The third kappa shape index (κ3) is 4.76. The molecule has 1 aromatic rings. The molecule has 0 spiro atoms. The molecule has 0 aromatic carbocycles. The average Bonchev–Trinajstić information content (AvgIpc) is 2.66. The summed E-state index contributed by atoms with van der Waals surface area (Å²) in [5.74, 6) is -0.789. The van der Waals surface area contributed by atoms with Gasteiger partial charge in [-0.3, -0.25) is 9.69 Å². The van der Waals surface area contributed by atoms with Crippen molar-refractivity contribution < 1.29 is 9.90 Å². The third-order valence-electron chi connectivity index (χ3n) is 2.00. The van der Waals surface area contributed by atoms with E-state index in [1.807, 2.05) is 16.3 Å². The first kappa shape index (κ1) is 11.9. The number of carbonyl (C=O) groups is 1. The fourth-order valence-corrected chi connectivity index (χ4v) is 2.03. The summed E-state index contributed by atoms with van der Waals surface area (Å²) in [5, 5.41) is 10.7. The lowest BCUT2D eigenvalue weighted by Crippen LogP contribution is -2.31. The van der Waals surface area contributed by atoms with Crippen LogP contribution in [0.2, 0.25) is 0 Å². The van der Waals surface area contributed by atoms with Crippen molar-refractivity contribution in [3.63, 3.8) is 0 Å². The van der Waals surface area contributed by atoms with Crippen LogP contribution in [0, 0.1) is 0 Å². The first-order chi connectivity index (χ1) is 7.22. The molecule has 0 bridgehead atoms. The maximum atomic E-state index is 10.6. The Hall–Kier alpha value is -1.13. The molecule has 4 heteroatoms. The molecular weight excluding hydrogens is 210 g/mol. The predicted molar refractivity (Wildman–Crippen MR) is 62.3 cm³/mol. The molecule has 1 N–H and O–H groups in total. The van der Waals surface area contributed by atoms with Crippen LogP contribution in [0.15, 0.2) is 30.2 Å². The molecular formula is C11H15NO2S. The van der Waals surface area contributed by atoms with Gasteiger partial charge in [-0.2, -0.15) is 0 Å². The van der Waals surface area contributed by atoms with E-state index >= 15 is 0 Å². The van der Waals surface area contributed by atoms with Gasteiger partial charge in [-0.1, -0.05) is 12.1 Å². The second-order valence-electron chi connectivity index (χ2n) is 3.25. The fraction of sp³-hybridized carbons (Fsp3) is 0.364. The van der Waals surface area contributed by atoms with E-state index < -0.39 is 5.97 Å². The van der Waals surface area contributed by atoms with Crippen molar-refractivity contribution in [3.05, 3.63) is 35.0 Å². The Kier molecular flexibility index (Phi) is 5.07. The SMILES string of the molecule is C=CCN(CCc1cccs1)CC(=O)O. The molecule has 0 aliphatic carbocycles. The summed E-state index contributed by atoms with van der Waals surface area (Å²) >= 11 is 1.70. The number of hydrogen-bond acceptors (Lipinski definition) is 3. The molecule has 0 unspecified atom stereocenters. The summed E-state index contributed by atoms with van der Waals surface area (Å²) in [4.78, 5) is 13.7. The summed E-state index contributed by atoms with van der Waals surface area (Å²) in [6.45, 7) is 5.09. The monoisotopic (exact) mass is 225 g/mol. The quantitative estimate of drug-likeness (QED) is 0.720. The van der Waals surface area contributed by atoms with E-state index in [-0.39, 0.29) is 6.54 Å². The van der Waals surface area contributed by atoms with Crippen LogP contribution < -0.4 is 0 Å². The van der Waals surface area contributed by atoms with Crippen molar-refractivity contribution in [1.29, 1.82) is 0 Å². The number of carboxylic acids is 1. The van der Waals surface area contributed by atoms with E-state index in [1.54, 1.807) is 17.4 Å². The maximum absolute atomic E-state index is 10.6. The number of thiophene rings is 1. The topological polar surface area (TPSA) is 40.5 Å². The summed E-state index contributed by atoms with van der Waals surface area (Å²) in [7, 11) is 0. The van der Waals surface area contributed by atoms with E-state index in [4.69, 9.17) is 5.11 Å². The Morgan fingerprint density at radius 2 is 2.47 bits per heavy atom. The van der Waals surface area contributed by atoms with Crippen LogP contribution in [-0.4, -0.2) is 35.6 Å². The number of rotatable bonds is 7. The van der Waals surface area contributed by atoms with Gasteiger partial charge in [0.15, 0.2) is 0 Å². The van der Waals surface area contributed by atoms with Gasteiger partial charge in [0.25, 0.3) is 0 Å². The van der Waals surface area contributed by atoms with Gasteiger partial charge in [0.2, 0.25) is 0 Å². The smallest absolute Gasteiger partial charge is 0.317 e. The van der Waals surface area contributed by atoms with Gasteiger partial charge in [-0.25, -0.2) is 0 Å². The number of nitrogens with zero attached hydrogens (tertiary/aromatic N) is 1. The van der Waals surface area contributed by atoms with E-state index in [0.29, 0.717) is 6.54 Å². The molecule has 0 atom stereocenters. The zero-order valence-electron chi connectivity index (χ0n) is 8.56. The molecule has 3 nitrogen and oxygen atoms in total. The zero-order chi connectivity index (χ0) is 11.1. The second kappa shape index (κ2) is 6.37. The van der Waals surface area contributed by atoms with E-state index in [9.17, 15) is 4.79 Å². The summed E-state index contributed by atoms with van der Waals surface area (Å²) in [6.07, 6.45) is 2.64. The summed E-state index contributed by atoms with van der Waals surface area (Å²) < 4.78 is 0. The number of hydrogen-bond donors (Lipinski definition) is 1. The van der Waals surface area contributed by atoms with Gasteiger partial charge in [-0.05, 0) is 17.9 Å². The molecule has 0 amide bonds. The Labute approximate surface area is 93.7 Å². The molecule has 0 aliphatic rings. The predicted octanol–water partition coefficient (Wildman–Crippen LogP) is 1.86. The number of carboxylic acid groups (broad SMARTS) is 1. The highest BCUT2D eigenvalue weighted by Crippen LogP contribution is 2.09. The van der Waals surface area contributed by atoms with E-state index in [2.05, 4.69) is 12.6 Å². The molecule has 1 aromatic heterocycles. The van der Waals surface area contributed by atoms with Crippen LogP contribution in [-0.2, 0) is 11.2 Å². The Balaban J connectivity index is 2.37. The van der Waals surface area contributed by atoms with Crippen molar-refractivity contribution in [2.45, 2.75) is 6.42 Å². The lowest BCUT2D eigenvalue weighted by Gasteiger charge is -2.17. The molecule has 82 valence electrons. The molecule has 1 rings (SSSR count). The fourth-order valence-electron chi connectivity index (χ4n) is 1.33. The first-order valence-electron chi connectivity index (χ1n) is 4.80. The lowest BCUT2D eigenvalue weighted by molar-refractivity contribution is -0.138. The summed E-state index contributed by atoms with van der Waals surface area (Å²) in [6, 6.07) is 4.08. The molecule has 1 heterocycles. The van der Waals surface area contributed by atoms with Crippen LogP contribution in [0.1, 0.15) is 4.88 Å². The van der Waals surface area contributed by atoms with E-state index in [1.165, 1.54) is 4.88 Å². The van der Waals surface area contributed by atoms with Gasteiger partial charge in [-0.15, -0.1) is 17.9 Å². The van der Waals surface area contributed by atoms with E-state index in [0.717, 1.165) is 13.0 Å². The molecule has 15 heavy (non-hydrogen) atoms. The van der Waals surface area contributed by atoms with Crippen LogP contribution >= 0.6 is 11.3 Å². The highest BCUT2D eigenvalue weighted by molar-refractivity contribution is 7.09. The maximum Gasteiger partial charge on any atom is 0.317 e. The molecule has 0 saturated carbocycles. The molecule has 0 saturated heterocycles. The third-order valence-corrected chi connectivity index (χ3v) is 2.94.